The Morgan fingerprint density at radius 3 is 2.62 bits per heavy atom. The summed E-state index contributed by atoms with van der Waals surface area (Å²) in [5.41, 5.74) is 0. The Balaban J connectivity index is 1.84. The van der Waals surface area contributed by atoms with Crippen LogP contribution < -0.4 is 0 Å². The molecule has 1 aliphatic carbocycles. The molecular weight excluding hydrogens is 371 g/mol. The second kappa shape index (κ2) is 6.21. The van der Waals surface area contributed by atoms with Gasteiger partial charge in [-0.15, -0.1) is 22.9 Å². The Morgan fingerprint density at radius 2 is 2.06 bits per heavy atom. The molecule has 1 aliphatic rings. The standard InChI is InChI=1S/C12H15Br2ClS/c13-9-7-11(16-12(9)14)10(15)6-5-8-3-1-2-4-8/h7-8,10H,1-6H2. The van der Waals surface area contributed by atoms with Crippen LogP contribution in [-0.4, -0.2) is 0 Å². The van der Waals surface area contributed by atoms with Gasteiger partial charge in [-0.1, -0.05) is 25.7 Å². The van der Waals surface area contributed by atoms with E-state index in [1.807, 2.05) is 0 Å². The Morgan fingerprint density at radius 1 is 1.38 bits per heavy atom. The monoisotopic (exact) mass is 384 g/mol. The van der Waals surface area contributed by atoms with Crippen molar-refractivity contribution in [1.82, 2.24) is 0 Å². The number of rotatable bonds is 4. The van der Waals surface area contributed by atoms with Crippen LogP contribution in [0.25, 0.3) is 0 Å². The predicted octanol–water partition coefficient (Wildman–Crippen LogP) is 6.52. The molecule has 0 aromatic carbocycles. The molecular formula is C12H15Br2ClS. The van der Waals surface area contributed by atoms with Gasteiger partial charge in [-0.25, -0.2) is 0 Å². The normalized spacial score (nSPS) is 19.2. The lowest BCUT2D eigenvalue weighted by Gasteiger charge is -2.11. The van der Waals surface area contributed by atoms with Gasteiger partial charge in [-0.2, -0.15) is 0 Å². The minimum absolute atomic E-state index is 0.188. The topological polar surface area (TPSA) is 0 Å². The molecule has 1 unspecified atom stereocenters. The van der Waals surface area contributed by atoms with E-state index in [2.05, 4.69) is 37.9 Å². The molecule has 1 fully saturated rings. The van der Waals surface area contributed by atoms with Crippen LogP contribution in [0.4, 0.5) is 0 Å². The van der Waals surface area contributed by atoms with Gasteiger partial charge in [0.05, 0.1) is 9.16 Å². The Hall–Kier alpha value is 0.950. The van der Waals surface area contributed by atoms with E-state index in [-0.39, 0.29) is 5.38 Å². The Kier molecular flexibility index (Phi) is 5.20. The van der Waals surface area contributed by atoms with Crippen LogP contribution in [0.1, 0.15) is 48.8 Å². The van der Waals surface area contributed by atoms with Gasteiger partial charge in [0.15, 0.2) is 0 Å². The van der Waals surface area contributed by atoms with Gasteiger partial charge in [0.25, 0.3) is 0 Å². The highest BCUT2D eigenvalue weighted by molar-refractivity contribution is 9.13. The third-order valence-electron chi connectivity index (χ3n) is 3.28. The largest absolute Gasteiger partial charge is 0.131 e. The molecule has 0 nitrogen and oxygen atoms in total. The van der Waals surface area contributed by atoms with E-state index in [1.54, 1.807) is 11.3 Å². The van der Waals surface area contributed by atoms with Gasteiger partial charge in [0.1, 0.15) is 0 Å². The summed E-state index contributed by atoms with van der Waals surface area (Å²) in [5.74, 6) is 0.938. The van der Waals surface area contributed by atoms with E-state index >= 15 is 0 Å². The first kappa shape index (κ1) is 13.4. The third kappa shape index (κ3) is 3.47. The number of alkyl halides is 1. The zero-order valence-electron chi connectivity index (χ0n) is 9.02. The van der Waals surface area contributed by atoms with Crippen LogP contribution >= 0.6 is 54.8 Å². The van der Waals surface area contributed by atoms with Crippen LogP contribution in [0.5, 0.6) is 0 Å². The smallest absolute Gasteiger partial charge is 0.0843 e. The van der Waals surface area contributed by atoms with Gasteiger partial charge in [-0.3, -0.25) is 0 Å². The second-order valence-electron chi connectivity index (χ2n) is 4.47. The van der Waals surface area contributed by atoms with Crippen LogP contribution in [0.2, 0.25) is 0 Å². The molecule has 0 saturated heterocycles. The van der Waals surface area contributed by atoms with Crippen molar-refractivity contribution in [3.05, 3.63) is 19.2 Å². The summed E-state index contributed by atoms with van der Waals surface area (Å²) in [7, 11) is 0. The quantitative estimate of drug-likeness (QED) is 0.517. The summed E-state index contributed by atoms with van der Waals surface area (Å²) in [5, 5.41) is 0.188. The van der Waals surface area contributed by atoms with Crippen molar-refractivity contribution in [2.45, 2.75) is 43.9 Å². The summed E-state index contributed by atoms with van der Waals surface area (Å²) >= 11 is 15.2. The van der Waals surface area contributed by atoms with Crippen LogP contribution in [0.15, 0.2) is 14.3 Å². The highest BCUT2D eigenvalue weighted by Crippen LogP contribution is 2.40. The maximum atomic E-state index is 6.44. The molecule has 4 heteroatoms. The Bertz CT molecular complexity index is 325. The van der Waals surface area contributed by atoms with Gasteiger partial charge in [0.2, 0.25) is 0 Å². The predicted molar refractivity (Wildman–Crippen MR) is 79.5 cm³/mol. The van der Waals surface area contributed by atoms with Gasteiger partial charge >= 0.3 is 0 Å². The van der Waals surface area contributed by atoms with E-state index in [9.17, 15) is 0 Å². The summed E-state index contributed by atoms with van der Waals surface area (Å²) in [6, 6.07) is 2.14. The van der Waals surface area contributed by atoms with Crippen LogP contribution in [-0.2, 0) is 0 Å². The van der Waals surface area contributed by atoms with Crippen LogP contribution in [0, 0.1) is 5.92 Å². The molecule has 1 saturated carbocycles. The van der Waals surface area contributed by atoms with Crippen molar-refractivity contribution in [1.29, 1.82) is 0 Å². The zero-order valence-corrected chi connectivity index (χ0v) is 13.8. The van der Waals surface area contributed by atoms with Crippen molar-refractivity contribution >= 4 is 54.8 Å². The van der Waals surface area contributed by atoms with E-state index in [4.69, 9.17) is 11.6 Å². The van der Waals surface area contributed by atoms with E-state index in [0.29, 0.717) is 0 Å². The molecule has 90 valence electrons. The third-order valence-corrected chi connectivity index (χ3v) is 7.23. The molecule has 1 atom stereocenters. The highest BCUT2D eigenvalue weighted by atomic mass is 79.9. The summed E-state index contributed by atoms with van der Waals surface area (Å²) in [6.45, 7) is 0. The van der Waals surface area contributed by atoms with Crippen molar-refractivity contribution in [3.63, 3.8) is 0 Å². The molecule has 0 N–H and O–H groups in total. The fourth-order valence-electron chi connectivity index (χ4n) is 2.34. The maximum Gasteiger partial charge on any atom is 0.0843 e. The fraction of sp³-hybridized carbons (Fsp3) is 0.667. The molecule has 0 bridgehead atoms. The SMILES string of the molecule is ClC(CCC1CCCC1)c1cc(Br)c(Br)s1. The molecule has 16 heavy (non-hydrogen) atoms. The van der Waals surface area contributed by atoms with Crippen molar-refractivity contribution < 1.29 is 0 Å². The second-order valence-corrected chi connectivity index (χ2v) is 8.25. The fourth-order valence-corrected chi connectivity index (χ4v) is 4.77. The van der Waals surface area contributed by atoms with E-state index in [1.165, 1.54) is 37.0 Å². The number of hydrogen-bond donors (Lipinski definition) is 0. The molecule has 1 aromatic rings. The summed E-state index contributed by atoms with van der Waals surface area (Å²) in [6.07, 6.45) is 8.09. The molecule has 0 spiro atoms. The average molecular weight is 387 g/mol. The first-order chi connectivity index (χ1) is 7.66. The molecule has 1 aromatic heterocycles. The molecule has 0 radical (unpaired) electrons. The van der Waals surface area contributed by atoms with Gasteiger partial charge < -0.3 is 0 Å². The van der Waals surface area contributed by atoms with E-state index < -0.39 is 0 Å². The molecule has 2 rings (SSSR count). The maximum absolute atomic E-state index is 6.44. The lowest BCUT2D eigenvalue weighted by atomic mass is 10.0. The minimum Gasteiger partial charge on any atom is -0.131 e. The van der Waals surface area contributed by atoms with E-state index in [0.717, 1.165) is 20.6 Å². The van der Waals surface area contributed by atoms with Crippen molar-refractivity contribution in [3.8, 4) is 0 Å². The van der Waals surface area contributed by atoms with Gasteiger partial charge in [0, 0.05) is 9.35 Å². The van der Waals surface area contributed by atoms with Gasteiger partial charge in [-0.05, 0) is 56.7 Å². The summed E-state index contributed by atoms with van der Waals surface area (Å²) in [4.78, 5) is 1.28. The number of hydrogen-bond acceptors (Lipinski definition) is 1. The Labute approximate surface area is 123 Å². The lowest BCUT2D eigenvalue weighted by Crippen LogP contribution is -1.96. The van der Waals surface area contributed by atoms with Crippen LogP contribution in [0.3, 0.4) is 0 Å². The highest BCUT2D eigenvalue weighted by Gasteiger charge is 2.18. The lowest BCUT2D eigenvalue weighted by molar-refractivity contribution is 0.481. The minimum atomic E-state index is 0.188. The van der Waals surface area contributed by atoms with Crippen molar-refractivity contribution in [2.24, 2.45) is 5.92 Å². The zero-order chi connectivity index (χ0) is 11.5. The number of halogens is 3. The molecule has 1 heterocycles. The average Bonchev–Trinajstić information content (AvgIpc) is 2.86. The molecule has 0 amide bonds. The first-order valence-corrected chi connectivity index (χ1v) is 8.59. The number of thiophene rings is 1. The summed E-state index contributed by atoms with van der Waals surface area (Å²) < 4.78 is 2.27. The first-order valence-electron chi connectivity index (χ1n) is 5.75. The molecule has 0 aliphatic heterocycles. The van der Waals surface area contributed by atoms with Crippen molar-refractivity contribution in [2.75, 3.05) is 0 Å².